The third-order valence-electron chi connectivity index (χ3n) is 3.01. The number of aromatic nitrogens is 2. The van der Waals surface area contributed by atoms with Gasteiger partial charge in [-0.15, -0.1) is 0 Å². The van der Waals surface area contributed by atoms with E-state index in [1.165, 1.54) is 18.2 Å². The van der Waals surface area contributed by atoms with Crippen molar-refractivity contribution in [3.8, 4) is 11.5 Å². The number of nitrogens with zero attached hydrogens (tertiary/aromatic N) is 2. The molecule has 6 heteroatoms. The fourth-order valence-corrected chi connectivity index (χ4v) is 1.99. The predicted molar refractivity (Wildman–Crippen MR) is 78.8 cm³/mol. The van der Waals surface area contributed by atoms with Crippen molar-refractivity contribution in [3.63, 3.8) is 0 Å². The van der Waals surface area contributed by atoms with Gasteiger partial charge < -0.3 is 9.84 Å². The summed E-state index contributed by atoms with van der Waals surface area (Å²) in [5.41, 5.74) is 1.18. The first-order valence-electron chi connectivity index (χ1n) is 6.60. The van der Waals surface area contributed by atoms with Crippen LogP contribution >= 0.6 is 0 Å². The molecule has 110 valence electrons. The monoisotopic (exact) mass is 297 g/mol. The first kappa shape index (κ1) is 13.9. The van der Waals surface area contributed by atoms with Crippen LogP contribution in [0.2, 0.25) is 0 Å². The molecule has 0 radical (unpaired) electrons. The average molecular weight is 297 g/mol. The van der Waals surface area contributed by atoms with Gasteiger partial charge in [0.1, 0.15) is 5.82 Å². The molecule has 1 amide bonds. The van der Waals surface area contributed by atoms with Gasteiger partial charge in [-0.1, -0.05) is 23.4 Å². The number of aryl methyl sites for hydroxylation is 1. The number of benzene rings is 2. The van der Waals surface area contributed by atoms with E-state index in [4.69, 9.17) is 4.52 Å². The van der Waals surface area contributed by atoms with Gasteiger partial charge in [-0.25, -0.2) is 4.39 Å². The Morgan fingerprint density at radius 3 is 2.73 bits per heavy atom. The van der Waals surface area contributed by atoms with Gasteiger partial charge in [-0.2, -0.15) is 4.98 Å². The first-order chi connectivity index (χ1) is 10.6. The molecule has 0 saturated heterocycles. The van der Waals surface area contributed by atoms with Gasteiger partial charge in [0, 0.05) is 11.3 Å². The Kier molecular flexibility index (Phi) is 3.65. The fraction of sp³-hybridized carbons (Fsp3) is 0.0625. The van der Waals surface area contributed by atoms with Gasteiger partial charge in [-0.3, -0.25) is 4.79 Å². The van der Waals surface area contributed by atoms with Gasteiger partial charge in [-0.05, 0) is 37.3 Å². The van der Waals surface area contributed by atoms with E-state index in [1.807, 2.05) is 0 Å². The van der Waals surface area contributed by atoms with Crippen molar-refractivity contribution in [1.82, 2.24) is 10.1 Å². The second kappa shape index (κ2) is 5.77. The summed E-state index contributed by atoms with van der Waals surface area (Å²) in [6.45, 7) is 1.72. The minimum atomic E-state index is -0.566. The lowest BCUT2D eigenvalue weighted by molar-refractivity contribution is 0.102. The van der Waals surface area contributed by atoms with Crippen LogP contribution in [0.4, 0.5) is 10.1 Å². The first-order valence-corrected chi connectivity index (χ1v) is 6.60. The number of anilines is 1. The highest BCUT2D eigenvalue weighted by Gasteiger charge is 2.12. The molecule has 1 N–H and O–H groups in total. The van der Waals surface area contributed by atoms with Crippen LogP contribution in [0.5, 0.6) is 0 Å². The standard InChI is InChI=1S/C16H12FN3O2/c1-10-18-16(22-20-10)11-5-4-6-12(9-11)19-15(21)13-7-2-3-8-14(13)17/h2-9H,1H3,(H,19,21). The van der Waals surface area contributed by atoms with Crippen molar-refractivity contribution >= 4 is 11.6 Å². The summed E-state index contributed by atoms with van der Waals surface area (Å²) < 4.78 is 18.7. The van der Waals surface area contributed by atoms with E-state index >= 15 is 0 Å². The summed E-state index contributed by atoms with van der Waals surface area (Å²) in [5, 5.41) is 6.37. The van der Waals surface area contributed by atoms with E-state index in [0.717, 1.165) is 0 Å². The molecule has 0 aliphatic heterocycles. The summed E-state index contributed by atoms with van der Waals surface area (Å²) >= 11 is 0. The van der Waals surface area contributed by atoms with E-state index in [9.17, 15) is 9.18 Å². The Labute approximate surface area is 125 Å². The third kappa shape index (κ3) is 2.85. The van der Waals surface area contributed by atoms with Crippen molar-refractivity contribution in [2.45, 2.75) is 6.92 Å². The van der Waals surface area contributed by atoms with E-state index in [1.54, 1.807) is 37.3 Å². The maximum absolute atomic E-state index is 13.6. The summed E-state index contributed by atoms with van der Waals surface area (Å²) in [6, 6.07) is 12.7. The number of halogens is 1. The Bertz CT molecular complexity index is 830. The second-order valence-electron chi connectivity index (χ2n) is 4.66. The normalized spacial score (nSPS) is 10.5. The average Bonchev–Trinajstić information content (AvgIpc) is 2.94. The summed E-state index contributed by atoms with van der Waals surface area (Å²) in [6.07, 6.45) is 0. The van der Waals surface area contributed by atoms with Gasteiger partial charge in [0.05, 0.1) is 5.56 Å². The highest BCUT2D eigenvalue weighted by Crippen LogP contribution is 2.21. The number of rotatable bonds is 3. The number of carbonyl (C=O) groups excluding carboxylic acids is 1. The highest BCUT2D eigenvalue weighted by molar-refractivity contribution is 6.04. The molecule has 5 nitrogen and oxygen atoms in total. The molecular weight excluding hydrogens is 285 g/mol. The molecule has 22 heavy (non-hydrogen) atoms. The Balaban J connectivity index is 1.84. The molecule has 0 unspecified atom stereocenters. The van der Waals surface area contributed by atoms with E-state index in [-0.39, 0.29) is 5.56 Å². The van der Waals surface area contributed by atoms with Crippen molar-refractivity contribution in [3.05, 3.63) is 65.7 Å². The van der Waals surface area contributed by atoms with Crippen LogP contribution < -0.4 is 5.32 Å². The second-order valence-corrected chi connectivity index (χ2v) is 4.66. The van der Waals surface area contributed by atoms with Crippen LogP contribution in [0.25, 0.3) is 11.5 Å². The molecular formula is C16H12FN3O2. The molecule has 3 aromatic rings. The fourth-order valence-electron chi connectivity index (χ4n) is 1.99. The largest absolute Gasteiger partial charge is 0.334 e. The number of hydrogen-bond donors (Lipinski definition) is 1. The third-order valence-corrected chi connectivity index (χ3v) is 3.01. The van der Waals surface area contributed by atoms with Crippen LogP contribution in [-0.4, -0.2) is 16.0 Å². The lowest BCUT2D eigenvalue weighted by atomic mass is 10.1. The van der Waals surface area contributed by atoms with Gasteiger partial charge in [0.2, 0.25) is 0 Å². The van der Waals surface area contributed by atoms with Crippen molar-refractivity contribution in [2.24, 2.45) is 0 Å². The summed E-state index contributed by atoms with van der Waals surface area (Å²) in [7, 11) is 0. The van der Waals surface area contributed by atoms with Crippen LogP contribution in [-0.2, 0) is 0 Å². The zero-order valence-corrected chi connectivity index (χ0v) is 11.7. The maximum atomic E-state index is 13.6. The number of nitrogens with one attached hydrogen (secondary N) is 1. The van der Waals surface area contributed by atoms with Crippen LogP contribution in [0.1, 0.15) is 16.2 Å². The zero-order valence-electron chi connectivity index (χ0n) is 11.7. The molecule has 0 bridgehead atoms. The zero-order chi connectivity index (χ0) is 15.5. The highest BCUT2D eigenvalue weighted by atomic mass is 19.1. The molecule has 3 rings (SSSR count). The maximum Gasteiger partial charge on any atom is 0.258 e. The SMILES string of the molecule is Cc1noc(-c2cccc(NC(=O)c3ccccc3F)c2)n1. The molecule has 0 atom stereocenters. The molecule has 0 aliphatic rings. The Morgan fingerprint density at radius 1 is 1.18 bits per heavy atom. The van der Waals surface area contributed by atoms with Crippen molar-refractivity contribution in [1.29, 1.82) is 0 Å². The predicted octanol–water partition coefficient (Wildman–Crippen LogP) is 3.44. The van der Waals surface area contributed by atoms with E-state index < -0.39 is 11.7 Å². The van der Waals surface area contributed by atoms with Crippen LogP contribution in [0, 0.1) is 12.7 Å². The van der Waals surface area contributed by atoms with Crippen molar-refractivity contribution in [2.75, 3.05) is 5.32 Å². The van der Waals surface area contributed by atoms with Gasteiger partial charge in [0.15, 0.2) is 5.82 Å². The minimum Gasteiger partial charge on any atom is -0.334 e. The molecule has 1 aromatic heterocycles. The molecule has 0 spiro atoms. The van der Waals surface area contributed by atoms with Crippen LogP contribution in [0.15, 0.2) is 53.1 Å². The van der Waals surface area contributed by atoms with Gasteiger partial charge >= 0.3 is 0 Å². The molecule has 0 aliphatic carbocycles. The lowest BCUT2D eigenvalue weighted by Crippen LogP contribution is -2.13. The number of amides is 1. The Hall–Kier alpha value is -3.02. The number of hydrogen-bond acceptors (Lipinski definition) is 4. The van der Waals surface area contributed by atoms with E-state index in [2.05, 4.69) is 15.5 Å². The van der Waals surface area contributed by atoms with Crippen LogP contribution in [0.3, 0.4) is 0 Å². The molecule has 0 saturated carbocycles. The topological polar surface area (TPSA) is 68.0 Å². The minimum absolute atomic E-state index is 0.0125. The van der Waals surface area contributed by atoms with Crippen molar-refractivity contribution < 1.29 is 13.7 Å². The number of carbonyl (C=O) groups is 1. The smallest absolute Gasteiger partial charge is 0.258 e. The molecule has 2 aromatic carbocycles. The summed E-state index contributed by atoms with van der Waals surface area (Å²) in [5.74, 6) is -0.198. The molecule has 1 heterocycles. The molecule has 0 fully saturated rings. The van der Waals surface area contributed by atoms with E-state index in [0.29, 0.717) is 23.0 Å². The quantitative estimate of drug-likeness (QED) is 0.804. The lowest BCUT2D eigenvalue weighted by Gasteiger charge is -2.06. The summed E-state index contributed by atoms with van der Waals surface area (Å²) in [4.78, 5) is 16.2. The van der Waals surface area contributed by atoms with Gasteiger partial charge in [0.25, 0.3) is 11.8 Å². The Morgan fingerprint density at radius 2 is 2.00 bits per heavy atom.